The predicted octanol–water partition coefficient (Wildman–Crippen LogP) is 5.14. The molecule has 1 aliphatic heterocycles. The molecule has 7 nitrogen and oxygen atoms in total. The summed E-state index contributed by atoms with van der Waals surface area (Å²) in [5.74, 6) is -2.85. The van der Waals surface area contributed by atoms with Crippen LogP contribution in [0.5, 0.6) is 5.75 Å². The summed E-state index contributed by atoms with van der Waals surface area (Å²) in [4.78, 5) is 25.9. The zero-order valence-electron chi connectivity index (χ0n) is 19.4. The van der Waals surface area contributed by atoms with Gasteiger partial charge in [-0.25, -0.2) is 18.0 Å². The fourth-order valence-electron chi connectivity index (χ4n) is 5.29. The van der Waals surface area contributed by atoms with Crippen molar-refractivity contribution in [3.8, 4) is 11.4 Å². The molecule has 3 atom stereocenters. The number of likely N-dealkylation sites (N-methyl/N-ethyl adjacent to an activating group) is 1. The van der Waals surface area contributed by atoms with Crippen molar-refractivity contribution in [1.82, 2.24) is 9.88 Å². The van der Waals surface area contributed by atoms with E-state index in [4.69, 9.17) is 16.7 Å². The van der Waals surface area contributed by atoms with E-state index in [1.54, 1.807) is 4.90 Å². The van der Waals surface area contributed by atoms with Gasteiger partial charge in [-0.2, -0.15) is 0 Å². The molecule has 2 heterocycles. The lowest BCUT2D eigenvalue weighted by molar-refractivity contribution is 0.144. The van der Waals surface area contributed by atoms with Crippen LogP contribution in [0.15, 0.2) is 47.4 Å². The number of rotatable bonds is 4. The number of carbonyl (C=O) groups is 1. The number of carboxylic acid groups (broad SMARTS) is 1. The van der Waals surface area contributed by atoms with Crippen LogP contribution in [0.25, 0.3) is 16.6 Å². The number of nitrogens with one attached hydrogen (secondary N) is 1. The third-order valence-electron chi connectivity index (χ3n) is 6.88. The molecule has 0 radical (unpaired) electrons. The van der Waals surface area contributed by atoms with Gasteiger partial charge in [0.2, 0.25) is 5.43 Å². The van der Waals surface area contributed by atoms with E-state index < -0.39 is 34.8 Å². The number of halogens is 5. The van der Waals surface area contributed by atoms with Gasteiger partial charge in [-0.05, 0) is 37.6 Å². The molecule has 1 fully saturated rings. The van der Waals surface area contributed by atoms with Gasteiger partial charge in [0.05, 0.1) is 33.5 Å². The molecule has 0 saturated carbocycles. The highest BCUT2D eigenvalue weighted by atomic mass is 35.5. The van der Waals surface area contributed by atoms with Crippen LogP contribution in [0, 0.1) is 29.3 Å². The van der Waals surface area contributed by atoms with Crippen LogP contribution in [0.2, 0.25) is 5.02 Å². The van der Waals surface area contributed by atoms with E-state index in [-0.39, 0.29) is 57.6 Å². The lowest BCUT2D eigenvalue weighted by atomic mass is 9.82. The largest absolute Gasteiger partial charge is 0.511 e. The van der Waals surface area contributed by atoms with Crippen molar-refractivity contribution in [2.24, 2.45) is 11.8 Å². The molecule has 3 aromatic rings. The van der Waals surface area contributed by atoms with Crippen LogP contribution in [0.1, 0.15) is 6.42 Å². The van der Waals surface area contributed by atoms with Gasteiger partial charge in [0.15, 0.2) is 5.75 Å². The maximum absolute atomic E-state index is 15.5. The second-order valence-corrected chi connectivity index (χ2v) is 9.26. The van der Waals surface area contributed by atoms with Gasteiger partial charge in [-0.1, -0.05) is 23.8 Å². The lowest BCUT2D eigenvalue weighted by Gasteiger charge is -2.28. The number of ether oxygens (including phenoxy) is 1. The number of pyridine rings is 1. The first-order valence-corrected chi connectivity index (χ1v) is 11.6. The van der Waals surface area contributed by atoms with E-state index in [0.717, 1.165) is 35.4 Å². The first-order valence-electron chi connectivity index (χ1n) is 11.2. The molecule has 0 amide bonds. The minimum Gasteiger partial charge on any atom is -0.449 e. The van der Waals surface area contributed by atoms with Gasteiger partial charge < -0.3 is 24.6 Å². The Morgan fingerprint density at radius 3 is 2.62 bits per heavy atom. The van der Waals surface area contributed by atoms with Crippen molar-refractivity contribution >= 4 is 46.8 Å². The molecule has 5 rings (SSSR count). The lowest BCUT2D eigenvalue weighted by Crippen LogP contribution is -2.38. The summed E-state index contributed by atoms with van der Waals surface area (Å²) in [6.45, 7) is 1.02. The third-order valence-corrected chi connectivity index (χ3v) is 7.23. The summed E-state index contributed by atoms with van der Waals surface area (Å²) in [5.41, 5.74) is -1.17. The summed E-state index contributed by atoms with van der Waals surface area (Å²) in [6.07, 6.45) is 4.17. The molecule has 2 aliphatic rings. The normalized spacial score (nSPS) is 20.6. The average molecular weight is 556 g/mol. The Labute approximate surface area is 220 Å². The minimum atomic E-state index is -1.78. The van der Waals surface area contributed by atoms with Gasteiger partial charge in [0.1, 0.15) is 17.5 Å². The van der Waals surface area contributed by atoms with Crippen LogP contribution in [0.4, 0.5) is 23.7 Å². The highest BCUT2D eigenvalue weighted by molar-refractivity contribution is 6.38. The first kappa shape index (κ1) is 26.8. The molecule has 2 N–H and O–H groups in total. The monoisotopic (exact) mass is 555 g/mol. The van der Waals surface area contributed by atoms with E-state index >= 15 is 4.39 Å². The molecule has 1 saturated heterocycles. The molecular formula is C25H22Cl2F3N3O4. The Balaban J connectivity index is 0.00000320. The molecule has 37 heavy (non-hydrogen) atoms. The summed E-state index contributed by atoms with van der Waals surface area (Å²) < 4.78 is 49.6. The van der Waals surface area contributed by atoms with Crippen molar-refractivity contribution in [2.45, 2.75) is 12.5 Å². The summed E-state index contributed by atoms with van der Waals surface area (Å²) >= 11 is 6.74. The van der Waals surface area contributed by atoms with Gasteiger partial charge in [-0.3, -0.25) is 4.79 Å². The molecule has 1 aromatic heterocycles. The number of allylic oxidation sites excluding steroid dienone is 1. The van der Waals surface area contributed by atoms with E-state index in [9.17, 15) is 18.4 Å². The Morgan fingerprint density at radius 2 is 1.95 bits per heavy atom. The molecule has 3 unspecified atom stereocenters. The number of hydrogen-bond donors (Lipinski definition) is 2. The Morgan fingerprint density at radius 1 is 1.19 bits per heavy atom. The van der Waals surface area contributed by atoms with Crippen LogP contribution in [-0.4, -0.2) is 42.0 Å². The standard InChI is InChI=1S/C25H21ClF3N3O4.ClH/c1-30-18-4-2-3-12-9-31(10-15(12)18)23-17(29)8-14-22(21(23)26)32(11-20(24(14)33)36-25(34)35)19-6-5-13(27)7-16(19)28;/h2,4-8,11-12,15,18,30H,3,9-10H2,1H3,(H,34,35);1H. The Bertz CT molecular complexity index is 1480. The zero-order valence-corrected chi connectivity index (χ0v) is 21.0. The number of nitrogens with zero attached hydrogens (tertiary/aromatic N) is 2. The van der Waals surface area contributed by atoms with E-state index in [1.807, 2.05) is 7.05 Å². The molecular weight excluding hydrogens is 534 g/mol. The highest BCUT2D eigenvalue weighted by Gasteiger charge is 2.39. The second kappa shape index (κ2) is 10.3. The Kier molecular flexibility index (Phi) is 7.45. The van der Waals surface area contributed by atoms with Crippen molar-refractivity contribution in [3.05, 3.63) is 75.3 Å². The summed E-state index contributed by atoms with van der Waals surface area (Å²) in [5, 5.41) is 11.8. The van der Waals surface area contributed by atoms with Gasteiger partial charge in [-0.15, -0.1) is 12.4 Å². The van der Waals surface area contributed by atoms with E-state index in [2.05, 4.69) is 22.2 Å². The third kappa shape index (κ3) is 4.65. The Hall–Kier alpha value is -3.21. The second-order valence-electron chi connectivity index (χ2n) is 8.88. The fourth-order valence-corrected chi connectivity index (χ4v) is 5.69. The van der Waals surface area contributed by atoms with E-state index in [0.29, 0.717) is 19.2 Å². The maximum atomic E-state index is 15.5. The molecule has 2 aromatic carbocycles. The highest BCUT2D eigenvalue weighted by Crippen LogP contribution is 2.42. The number of benzene rings is 2. The number of aromatic nitrogens is 1. The topological polar surface area (TPSA) is 83.8 Å². The maximum Gasteiger partial charge on any atom is 0.511 e. The zero-order chi connectivity index (χ0) is 25.7. The van der Waals surface area contributed by atoms with E-state index in [1.165, 1.54) is 0 Å². The van der Waals surface area contributed by atoms with Crippen molar-refractivity contribution in [3.63, 3.8) is 0 Å². The van der Waals surface area contributed by atoms with Crippen LogP contribution < -0.4 is 20.4 Å². The first-order chi connectivity index (χ1) is 17.2. The molecule has 12 heteroatoms. The SMILES string of the molecule is CNC1C=CCC2CN(c3c(F)cc4c(=O)c(OC(=O)O)cn(-c5ccc(F)cc5F)c4c3Cl)CC21.Cl. The van der Waals surface area contributed by atoms with Crippen molar-refractivity contribution in [1.29, 1.82) is 0 Å². The smallest absolute Gasteiger partial charge is 0.449 e. The summed E-state index contributed by atoms with van der Waals surface area (Å²) in [6, 6.07) is 3.78. The predicted molar refractivity (Wildman–Crippen MR) is 136 cm³/mol. The fraction of sp³-hybridized carbons (Fsp3) is 0.280. The van der Waals surface area contributed by atoms with Crippen molar-refractivity contribution < 1.29 is 27.8 Å². The number of fused-ring (bicyclic) bond motifs is 2. The van der Waals surface area contributed by atoms with Crippen LogP contribution >= 0.6 is 24.0 Å². The summed E-state index contributed by atoms with van der Waals surface area (Å²) in [7, 11) is 1.86. The molecule has 1 aliphatic carbocycles. The minimum absolute atomic E-state index is 0. The molecule has 196 valence electrons. The number of anilines is 1. The quantitative estimate of drug-likeness (QED) is 0.342. The van der Waals surface area contributed by atoms with Gasteiger partial charge >= 0.3 is 6.16 Å². The average Bonchev–Trinajstić information content (AvgIpc) is 3.24. The van der Waals surface area contributed by atoms with Crippen molar-refractivity contribution in [2.75, 3.05) is 25.0 Å². The van der Waals surface area contributed by atoms with Crippen LogP contribution in [0.3, 0.4) is 0 Å². The number of hydrogen-bond acceptors (Lipinski definition) is 5. The van der Waals surface area contributed by atoms with Crippen LogP contribution in [-0.2, 0) is 0 Å². The molecule has 0 spiro atoms. The van der Waals surface area contributed by atoms with Gasteiger partial charge in [0.25, 0.3) is 0 Å². The van der Waals surface area contributed by atoms with Gasteiger partial charge in [0, 0.05) is 31.1 Å². The molecule has 0 bridgehead atoms.